The van der Waals surface area contributed by atoms with Crippen LogP contribution in [0.25, 0.3) is 0 Å². The number of carbonyl (C=O) groups excluding carboxylic acids is 4. The van der Waals surface area contributed by atoms with Gasteiger partial charge in [0, 0.05) is 21.0 Å². The molecule has 0 radical (unpaired) electrons. The summed E-state index contributed by atoms with van der Waals surface area (Å²) in [7, 11) is 0. The van der Waals surface area contributed by atoms with Crippen molar-refractivity contribution in [2.45, 2.75) is 36.6 Å². The Labute approximate surface area is 269 Å². The van der Waals surface area contributed by atoms with Gasteiger partial charge in [-0.15, -0.1) is 0 Å². The summed E-state index contributed by atoms with van der Waals surface area (Å²) in [5, 5.41) is 2.49. The average Bonchev–Trinajstić information content (AvgIpc) is 3.44. The van der Waals surface area contributed by atoms with E-state index in [1.54, 1.807) is 43.3 Å². The first-order valence-corrected chi connectivity index (χ1v) is 16.3. The predicted molar refractivity (Wildman–Crippen MR) is 172 cm³/mol. The molecule has 44 heavy (non-hydrogen) atoms. The summed E-state index contributed by atoms with van der Waals surface area (Å²) in [4.78, 5) is 67.9. The highest BCUT2D eigenvalue weighted by Gasteiger charge is 2.56. The van der Waals surface area contributed by atoms with Crippen molar-refractivity contribution in [1.82, 2.24) is 4.57 Å². The number of aryl methyl sites for hydroxylation is 1. The number of hydrogen-bond donors (Lipinski definition) is 1. The van der Waals surface area contributed by atoms with Crippen molar-refractivity contribution in [2.75, 3.05) is 16.8 Å². The number of thiazole rings is 1. The lowest BCUT2D eigenvalue weighted by atomic mass is 9.83. The van der Waals surface area contributed by atoms with E-state index in [9.17, 15) is 24.0 Å². The molecule has 0 aliphatic carbocycles. The molecule has 3 aromatic carbocycles. The van der Waals surface area contributed by atoms with E-state index >= 15 is 0 Å². The van der Waals surface area contributed by atoms with Crippen molar-refractivity contribution in [2.24, 2.45) is 5.92 Å². The van der Waals surface area contributed by atoms with E-state index in [0.717, 1.165) is 26.9 Å². The van der Waals surface area contributed by atoms with Crippen LogP contribution in [0.5, 0.6) is 0 Å². The molecule has 3 atom stereocenters. The zero-order valence-electron chi connectivity index (χ0n) is 23.6. The van der Waals surface area contributed by atoms with Crippen molar-refractivity contribution < 1.29 is 23.9 Å². The summed E-state index contributed by atoms with van der Waals surface area (Å²) in [6.07, 6.45) is 0. The molecule has 9 nitrogen and oxygen atoms in total. The van der Waals surface area contributed by atoms with Gasteiger partial charge in [0.25, 0.3) is 0 Å². The lowest BCUT2D eigenvalue weighted by Gasteiger charge is -2.30. The van der Waals surface area contributed by atoms with E-state index in [1.165, 1.54) is 21.2 Å². The van der Waals surface area contributed by atoms with E-state index in [4.69, 9.17) is 4.74 Å². The fourth-order valence-corrected chi connectivity index (χ4v) is 8.70. The maximum absolute atomic E-state index is 14.0. The minimum Gasteiger partial charge on any atom is -0.462 e. The molecule has 2 aliphatic heterocycles. The Hall–Kier alpha value is -4.00. The van der Waals surface area contributed by atoms with Crippen LogP contribution in [0.15, 0.2) is 87.1 Å². The van der Waals surface area contributed by atoms with Crippen molar-refractivity contribution in [3.05, 3.63) is 109 Å². The van der Waals surface area contributed by atoms with Gasteiger partial charge >= 0.3 is 10.8 Å². The van der Waals surface area contributed by atoms with Gasteiger partial charge in [0.1, 0.15) is 11.8 Å². The summed E-state index contributed by atoms with van der Waals surface area (Å²) >= 11 is 5.68. The summed E-state index contributed by atoms with van der Waals surface area (Å²) in [6, 6.07) is 21.0. The number of nitrogens with one attached hydrogen (secondary N) is 1. The summed E-state index contributed by atoms with van der Waals surface area (Å²) in [5.74, 6) is -2.86. The van der Waals surface area contributed by atoms with Gasteiger partial charge in [-0.3, -0.25) is 23.7 Å². The third-order valence-corrected chi connectivity index (χ3v) is 10.6. The minimum atomic E-state index is -0.779. The van der Waals surface area contributed by atoms with Crippen LogP contribution in [0.1, 0.15) is 39.2 Å². The monoisotopic (exact) mass is 691 g/mol. The number of aromatic nitrogens is 1. The number of ether oxygens (including phenoxy) is 1. The zero-order chi connectivity index (χ0) is 31.1. The lowest BCUT2D eigenvalue weighted by molar-refractivity contribution is -0.122. The summed E-state index contributed by atoms with van der Waals surface area (Å²) in [6.45, 7) is 3.62. The first kappa shape index (κ1) is 30.0. The van der Waals surface area contributed by atoms with E-state index in [1.807, 2.05) is 43.3 Å². The molecule has 0 unspecified atom stereocenters. The Bertz CT molecular complexity index is 1850. The third kappa shape index (κ3) is 5.53. The molecule has 1 N–H and O–H groups in total. The topological polar surface area (TPSA) is 115 Å². The molecule has 6 rings (SSSR count). The molecule has 0 spiro atoms. The molecule has 4 aromatic rings. The standard InChI is InChI=1S/C32H26BrN3O6S2/c1-3-42-31(40)18-9-11-21(12-10-18)34-23(37)16-35-30-27(44-32(35)41)24(19-5-4-6-20(33)15-19)25-26(43-30)29(39)36(28(25)38)22-13-7-17(2)8-14-22/h4-15,24-26H,3,16H2,1-2H3,(H,34,37)/t24-,25-,26+/m0/s1. The van der Waals surface area contributed by atoms with Gasteiger partial charge in [-0.1, -0.05) is 68.9 Å². The van der Waals surface area contributed by atoms with Gasteiger partial charge in [0.05, 0.1) is 28.8 Å². The quantitative estimate of drug-likeness (QED) is 0.198. The minimum absolute atomic E-state index is 0.253. The number of amides is 3. The second-order valence-electron chi connectivity index (χ2n) is 10.4. The van der Waals surface area contributed by atoms with Gasteiger partial charge in [-0.2, -0.15) is 0 Å². The molecule has 1 aromatic heterocycles. The van der Waals surface area contributed by atoms with E-state index in [-0.39, 0.29) is 29.8 Å². The first-order chi connectivity index (χ1) is 21.2. The highest BCUT2D eigenvalue weighted by atomic mass is 79.9. The van der Waals surface area contributed by atoms with Crippen LogP contribution < -0.4 is 15.1 Å². The highest BCUT2D eigenvalue weighted by Crippen LogP contribution is 2.54. The van der Waals surface area contributed by atoms with Crippen molar-refractivity contribution in [3.63, 3.8) is 0 Å². The second-order valence-corrected chi connectivity index (χ2v) is 13.5. The molecular formula is C32H26BrN3O6S2. The number of nitrogens with zero attached hydrogens (tertiary/aromatic N) is 2. The Kier molecular flexibility index (Phi) is 8.32. The van der Waals surface area contributed by atoms with Crippen molar-refractivity contribution in [1.29, 1.82) is 0 Å². The number of thioether (sulfide) groups is 1. The van der Waals surface area contributed by atoms with Gasteiger partial charge in [-0.05, 0) is 67.9 Å². The zero-order valence-corrected chi connectivity index (χ0v) is 26.8. The SMILES string of the molecule is CCOC(=O)c1ccc(NC(=O)Cn2c3c(sc2=O)[C@@H](c2cccc(Br)c2)[C@@H]2C(=O)N(c4ccc(C)cc4)C(=O)[C@@H]2S3)cc1. The fourth-order valence-electron chi connectivity index (χ4n) is 5.51. The number of esters is 1. The molecular weight excluding hydrogens is 666 g/mol. The molecule has 1 saturated heterocycles. The molecule has 3 heterocycles. The van der Waals surface area contributed by atoms with Crippen LogP contribution >= 0.6 is 39.0 Å². The second kappa shape index (κ2) is 12.2. The van der Waals surface area contributed by atoms with E-state index < -0.39 is 29.0 Å². The molecule has 1 fully saturated rings. The molecule has 0 bridgehead atoms. The smallest absolute Gasteiger partial charge is 0.338 e. The molecule has 3 amide bonds. The molecule has 12 heteroatoms. The fraction of sp³-hybridized carbons (Fsp3) is 0.219. The highest BCUT2D eigenvalue weighted by molar-refractivity contribution is 9.10. The maximum Gasteiger partial charge on any atom is 0.338 e. The Morgan fingerprint density at radius 2 is 1.70 bits per heavy atom. The Morgan fingerprint density at radius 3 is 2.39 bits per heavy atom. The molecule has 2 aliphatic rings. The number of hydrogen-bond acceptors (Lipinski definition) is 8. The molecule has 0 saturated carbocycles. The van der Waals surface area contributed by atoms with Crippen LogP contribution in [0.2, 0.25) is 0 Å². The summed E-state index contributed by atoms with van der Waals surface area (Å²) in [5.41, 5.74) is 3.11. The van der Waals surface area contributed by atoms with Crippen LogP contribution in [-0.2, 0) is 25.7 Å². The van der Waals surface area contributed by atoms with Crippen molar-refractivity contribution >= 4 is 74.1 Å². The lowest BCUT2D eigenvalue weighted by Crippen LogP contribution is -2.33. The molecule has 224 valence electrons. The number of halogens is 1. The number of benzene rings is 3. The van der Waals surface area contributed by atoms with Crippen molar-refractivity contribution in [3.8, 4) is 0 Å². The normalized spacial score (nSPS) is 19.0. The predicted octanol–water partition coefficient (Wildman–Crippen LogP) is 5.59. The Morgan fingerprint density at radius 1 is 0.977 bits per heavy atom. The van der Waals surface area contributed by atoms with Crippen LogP contribution in [0.4, 0.5) is 11.4 Å². The van der Waals surface area contributed by atoms with Crippen LogP contribution in [0, 0.1) is 12.8 Å². The number of carbonyl (C=O) groups is 4. The van der Waals surface area contributed by atoms with E-state index in [0.29, 0.717) is 26.8 Å². The number of fused-ring (bicyclic) bond motifs is 2. The van der Waals surface area contributed by atoms with Crippen LogP contribution in [0.3, 0.4) is 0 Å². The Balaban J connectivity index is 1.33. The van der Waals surface area contributed by atoms with Gasteiger partial charge in [0.2, 0.25) is 17.7 Å². The van der Waals surface area contributed by atoms with Crippen LogP contribution in [-0.4, -0.2) is 40.1 Å². The largest absolute Gasteiger partial charge is 0.462 e. The van der Waals surface area contributed by atoms with Gasteiger partial charge in [0.15, 0.2) is 0 Å². The van der Waals surface area contributed by atoms with Gasteiger partial charge < -0.3 is 10.1 Å². The third-order valence-electron chi connectivity index (χ3n) is 7.53. The number of rotatable bonds is 7. The average molecular weight is 693 g/mol. The first-order valence-electron chi connectivity index (χ1n) is 13.8. The number of imide groups is 1. The maximum atomic E-state index is 14.0. The van der Waals surface area contributed by atoms with Gasteiger partial charge in [-0.25, -0.2) is 9.69 Å². The number of anilines is 2. The summed E-state index contributed by atoms with van der Waals surface area (Å²) < 4.78 is 7.18. The van der Waals surface area contributed by atoms with E-state index in [2.05, 4.69) is 21.2 Å².